The Bertz CT molecular complexity index is 1590. The standard InChI is InChI=1S/C30H27ClN4O/c1-20-7-6-8-23(15-20)18-34-19-24(26-9-4-5-10-29(26)34)17-32-33-30(36)27-16-25(13-14-28(27)31)35-21(2)11-12-22(35)3/h4-17,19H,18H2,1-3H3,(H,33,36). The minimum atomic E-state index is -0.357. The Morgan fingerprint density at radius 3 is 2.50 bits per heavy atom. The number of benzene rings is 3. The maximum atomic E-state index is 13.0. The fourth-order valence-corrected chi connectivity index (χ4v) is 4.84. The molecule has 0 radical (unpaired) electrons. The number of carbonyl (C=O) groups is 1. The number of aromatic nitrogens is 2. The van der Waals surface area contributed by atoms with Gasteiger partial charge in [0.1, 0.15) is 0 Å². The predicted molar refractivity (Wildman–Crippen MR) is 148 cm³/mol. The van der Waals surface area contributed by atoms with Crippen LogP contribution in [0, 0.1) is 20.8 Å². The zero-order valence-corrected chi connectivity index (χ0v) is 21.3. The molecule has 0 spiro atoms. The van der Waals surface area contributed by atoms with Gasteiger partial charge in [-0.2, -0.15) is 5.10 Å². The molecule has 0 atom stereocenters. The van der Waals surface area contributed by atoms with E-state index in [0.29, 0.717) is 10.6 Å². The molecule has 2 aromatic heterocycles. The van der Waals surface area contributed by atoms with Crippen molar-refractivity contribution < 1.29 is 4.79 Å². The molecule has 0 aliphatic heterocycles. The third-order valence-corrected chi connectivity index (χ3v) is 6.68. The van der Waals surface area contributed by atoms with Gasteiger partial charge >= 0.3 is 0 Å². The van der Waals surface area contributed by atoms with Gasteiger partial charge in [0.25, 0.3) is 5.91 Å². The smallest absolute Gasteiger partial charge is 0.272 e. The van der Waals surface area contributed by atoms with E-state index in [1.807, 2.05) is 44.2 Å². The van der Waals surface area contributed by atoms with Gasteiger partial charge in [0.15, 0.2) is 0 Å². The van der Waals surface area contributed by atoms with Crippen LogP contribution in [0.1, 0.15) is 38.4 Å². The first-order valence-corrected chi connectivity index (χ1v) is 12.2. The summed E-state index contributed by atoms with van der Waals surface area (Å²) in [7, 11) is 0. The van der Waals surface area contributed by atoms with Gasteiger partial charge < -0.3 is 9.13 Å². The van der Waals surface area contributed by atoms with Gasteiger partial charge in [-0.1, -0.05) is 59.6 Å². The molecule has 1 N–H and O–H groups in total. The summed E-state index contributed by atoms with van der Waals surface area (Å²) < 4.78 is 4.29. The summed E-state index contributed by atoms with van der Waals surface area (Å²) in [5, 5.41) is 5.72. The molecule has 180 valence electrons. The second-order valence-electron chi connectivity index (χ2n) is 9.03. The maximum absolute atomic E-state index is 13.0. The van der Waals surface area contributed by atoms with Crippen LogP contribution >= 0.6 is 11.6 Å². The summed E-state index contributed by atoms with van der Waals surface area (Å²) in [6, 6.07) is 26.2. The fraction of sp³-hybridized carbons (Fsp3) is 0.133. The third-order valence-electron chi connectivity index (χ3n) is 6.35. The van der Waals surface area contributed by atoms with Gasteiger partial charge in [-0.3, -0.25) is 4.79 Å². The molecule has 5 aromatic rings. The van der Waals surface area contributed by atoms with Crippen LogP contribution in [0.2, 0.25) is 5.02 Å². The largest absolute Gasteiger partial charge is 0.342 e. The molecule has 0 bridgehead atoms. The van der Waals surface area contributed by atoms with E-state index in [1.54, 1.807) is 18.3 Å². The highest BCUT2D eigenvalue weighted by molar-refractivity contribution is 6.34. The molecule has 0 aliphatic rings. The Balaban J connectivity index is 1.39. The number of hydrogen-bond donors (Lipinski definition) is 1. The summed E-state index contributed by atoms with van der Waals surface area (Å²) >= 11 is 6.37. The Labute approximate surface area is 215 Å². The summed E-state index contributed by atoms with van der Waals surface area (Å²) in [4.78, 5) is 13.0. The number of hydrogen-bond acceptors (Lipinski definition) is 2. The van der Waals surface area contributed by atoms with Gasteiger partial charge in [-0.05, 0) is 62.7 Å². The number of hydrazone groups is 1. The van der Waals surface area contributed by atoms with Crippen molar-refractivity contribution in [1.29, 1.82) is 0 Å². The van der Waals surface area contributed by atoms with Gasteiger partial charge in [-0.15, -0.1) is 0 Å². The zero-order chi connectivity index (χ0) is 25.2. The molecule has 3 aromatic carbocycles. The lowest BCUT2D eigenvalue weighted by Crippen LogP contribution is -2.18. The van der Waals surface area contributed by atoms with Crippen molar-refractivity contribution in [3.8, 4) is 5.69 Å². The molecule has 6 heteroatoms. The molecular formula is C30H27ClN4O. The van der Waals surface area contributed by atoms with E-state index in [2.05, 4.69) is 69.2 Å². The second kappa shape index (κ2) is 9.88. The lowest BCUT2D eigenvalue weighted by molar-refractivity contribution is 0.0955. The van der Waals surface area contributed by atoms with Crippen LogP contribution < -0.4 is 5.43 Å². The number of rotatable bonds is 6. The van der Waals surface area contributed by atoms with Gasteiger partial charge in [0.05, 0.1) is 16.8 Å². The third kappa shape index (κ3) is 4.70. The minimum absolute atomic E-state index is 0.357. The van der Waals surface area contributed by atoms with Gasteiger partial charge in [-0.25, -0.2) is 5.43 Å². The number of halogens is 1. The molecular weight excluding hydrogens is 468 g/mol. The summed E-state index contributed by atoms with van der Waals surface area (Å²) in [6.07, 6.45) is 3.75. The highest BCUT2D eigenvalue weighted by atomic mass is 35.5. The van der Waals surface area contributed by atoms with Gasteiger partial charge in [0.2, 0.25) is 0 Å². The quantitative estimate of drug-likeness (QED) is 0.204. The molecule has 0 unspecified atom stereocenters. The molecule has 2 heterocycles. The molecule has 0 saturated carbocycles. The van der Waals surface area contributed by atoms with Gasteiger partial charge in [0, 0.05) is 46.3 Å². The maximum Gasteiger partial charge on any atom is 0.272 e. The number of nitrogens with one attached hydrogen (secondary N) is 1. The predicted octanol–water partition coefficient (Wildman–Crippen LogP) is 6.82. The average molecular weight is 495 g/mol. The minimum Gasteiger partial charge on any atom is -0.342 e. The van der Waals surface area contributed by atoms with Crippen molar-refractivity contribution in [1.82, 2.24) is 14.6 Å². The fourth-order valence-electron chi connectivity index (χ4n) is 4.64. The number of amides is 1. The van der Waals surface area contributed by atoms with Crippen LogP contribution in [-0.2, 0) is 6.54 Å². The van der Waals surface area contributed by atoms with E-state index in [9.17, 15) is 4.79 Å². The molecule has 0 aliphatic carbocycles. The van der Waals surface area contributed by atoms with Crippen LogP contribution in [0.3, 0.4) is 0 Å². The van der Waals surface area contributed by atoms with E-state index < -0.39 is 0 Å². The summed E-state index contributed by atoms with van der Waals surface area (Å²) in [5.74, 6) is -0.357. The topological polar surface area (TPSA) is 51.3 Å². The molecule has 5 rings (SSSR count). The van der Waals surface area contributed by atoms with E-state index in [0.717, 1.165) is 40.1 Å². The Kier molecular flexibility index (Phi) is 6.49. The van der Waals surface area contributed by atoms with E-state index >= 15 is 0 Å². The first kappa shape index (κ1) is 23.6. The normalized spacial score (nSPS) is 11.4. The number of nitrogens with zero attached hydrogens (tertiary/aromatic N) is 3. The first-order valence-electron chi connectivity index (χ1n) is 11.8. The monoisotopic (exact) mass is 494 g/mol. The molecule has 1 amide bonds. The highest BCUT2D eigenvalue weighted by Gasteiger charge is 2.13. The van der Waals surface area contributed by atoms with E-state index in [1.165, 1.54) is 11.1 Å². The van der Waals surface area contributed by atoms with Crippen LogP contribution in [0.5, 0.6) is 0 Å². The number of para-hydroxylation sites is 1. The van der Waals surface area contributed by atoms with E-state index in [4.69, 9.17) is 11.6 Å². The Hall–Kier alpha value is -4.09. The van der Waals surface area contributed by atoms with Crippen molar-refractivity contribution >= 4 is 34.6 Å². The highest BCUT2D eigenvalue weighted by Crippen LogP contribution is 2.24. The summed E-state index contributed by atoms with van der Waals surface area (Å²) in [6.45, 7) is 6.91. The first-order chi connectivity index (χ1) is 17.4. The molecule has 36 heavy (non-hydrogen) atoms. The van der Waals surface area contributed by atoms with Crippen LogP contribution in [-0.4, -0.2) is 21.3 Å². The Morgan fingerprint density at radius 2 is 1.72 bits per heavy atom. The molecule has 0 saturated heterocycles. The lowest BCUT2D eigenvalue weighted by Gasteiger charge is -2.12. The van der Waals surface area contributed by atoms with Crippen molar-refractivity contribution in [2.24, 2.45) is 5.10 Å². The average Bonchev–Trinajstić information content (AvgIpc) is 3.38. The van der Waals surface area contributed by atoms with Crippen LogP contribution in [0.4, 0.5) is 0 Å². The SMILES string of the molecule is Cc1cccc(Cn2cc(C=NNC(=O)c3cc(-n4c(C)ccc4C)ccc3Cl)c3ccccc32)c1. The molecule has 5 nitrogen and oxygen atoms in total. The van der Waals surface area contributed by atoms with Crippen molar-refractivity contribution in [2.45, 2.75) is 27.3 Å². The van der Waals surface area contributed by atoms with Crippen molar-refractivity contribution in [3.63, 3.8) is 0 Å². The number of carbonyl (C=O) groups excluding carboxylic acids is 1. The van der Waals surface area contributed by atoms with Crippen LogP contribution in [0.15, 0.2) is 90.2 Å². The lowest BCUT2D eigenvalue weighted by atomic mass is 10.1. The Morgan fingerprint density at radius 1 is 0.944 bits per heavy atom. The zero-order valence-electron chi connectivity index (χ0n) is 20.5. The van der Waals surface area contributed by atoms with Crippen molar-refractivity contribution in [3.05, 3.63) is 124 Å². The second-order valence-corrected chi connectivity index (χ2v) is 9.44. The summed E-state index contributed by atoms with van der Waals surface area (Å²) in [5.41, 5.74) is 10.6. The van der Waals surface area contributed by atoms with Crippen molar-refractivity contribution in [2.75, 3.05) is 0 Å². The molecule has 0 fully saturated rings. The van der Waals surface area contributed by atoms with Crippen LogP contribution in [0.25, 0.3) is 16.6 Å². The van der Waals surface area contributed by atoms with E-state index in [-0.39, 0.29) is 5.91 Å². The number of aryl methyl sites for hydroxylation is 3. The number of fused-ring (bicyclic) bond motifs is 1.